The minimum absolute atomic E-state index is 0.101. The summed E-state index contributed by atoms with van der Waals surface area (Å²) in [5.41, 5.74) is 1.47. The number of nitrogens with zero attached hydrogens (tertiary/aromatic N) is 2. The summed E-state index contributed by atoms with van der Waals surface area (Å²) < 4.78 is 32.9. The lowest BCUT2D eigenvalue weighted by Gasteiger charge is -2.51. The highest BCUT2D eigenvalue weighted by Crippen LogP contribution is 2.51. The molecule has 222 valence electrons. The Balaban J connectivity index is 1.70. The predicted molar refractivity (Wildman–Crippen MR) is 157 cm³/mol. The molecule has 1 amide bonds. The fourth-order valence-electron chi connectivity index (χ4n) is 6.28. The summed E-state index contributed by atoms with van der Waals surface area (Å²) in [7, 11) is 4.76. The molecule has 0 saturated carbocycles. The van der Waals surface area contributed by atoms with E-state index in [1.807, 2.05) is 38.4 Å². The summed E-state index contributed by atoms with van der Waals surface area (Å²) in [6, 6.07) is 9.25. The van der Waals surface area contributed by atoms with Gasteiger partial charge in [-0.3, -0.25) is 10.1 Å². The van der Waals surface area contributed by atoms with Crippen LogP contribution >= 0.6 is 0 Å². The van der Waals surface area contributed by atoms with Crippen molar-refractivity contribution in [1.82, 2.24) is 20.2 Å². The van der Waals surface area contributed by atoms with E-state index in [1.54, 1.807) is 33.5 Å². The highest BCUT2D eigenvalue weighted by molar-refractivity contribution is 5.82. The van der Waals surface area contributed by atoms with E-state index in [1.165, 1.54) is 12.1 Å². The first-order chi connectivity index (χ1) is 19.6. The van der Waals surface area contributed by atoms with Crippen molar-refractivity contribution < 1.29 is 23.4 Å². The highest BCUT2D eigenvalue weighted by Gasteiger charge is 2.49. The van der Waals surface area contributed by atoms with Gasteiger partial charge in [-0.05, 0) is 61.8 Å². The van der Waals surface area contributed by atoms with Crippen LogP contribution in [0.4, 0.5) is 4.39 Å². The molecule has 0 radical (unpaired) electrons. The second kappa shape index (κ2) is 12.9. The molecular weight excluding hydrogens is 523 g/mol. The zero-order valence-corrected chi connectivity index (χ0v) is 25.2. The predicted octanol–water partition coefficient (Wildman–Crippen LogP) is 5.76. The third-order valence-corrected chi connectivity index (χ3v) is 8.67. The Bertz CT molecular complexity index is 1320. The number of aryl methyl sites for hydroxylation is 1. The molecule has 2 aromatic carbocycles. The Kier molecular flexibility index (Phi) is 9.58. The van der Waals surface area contributed by atoms with E-state index < -0.39 is 6.04 Å². The first-order valence-electron chi connectivity index (χ1n) is 14.2. The van der Waals surface area contributed by atoms with Gasteiger partial charge in [0.2, 0.25) is 5.91 Å². The first kappa shape index (κ1) is 30.4. The summed E-state index contributed by atoms with van der Waals surface area (Å²) in [6.45, 7) is 9.10. The number of rotatable bonds is 11. The molecule has 1 aromatic heterocycles. The number of piperidine rings is 1. The summed E-state index contributed by atoms with van der Waals surface area (Å²) >= 11 is 0. The molecule has 5 unspecified atom stereocenters. The van der Waals surface area contributed by atoms with Crippen molar-refractivity contribution >= 4 is 5.91 Å². The topological polar surface area (TPSA) is 86.6 Å². The molecule has 2 heterocycles. The second-order valence-electron chi connectivity index (χ2n) is 11.2. The maximum absolute atomic E-state index is 14.2. The lowest BCUT2D eigenvalue weighted by Crippen LogP contribution is -2.58. The van der Waals surface area contributed by atoms with Crippen LogP contribution in [0.1, 0.15) is 69.1 Å². The minimum atomic E-state index is -0.483. The Hall–Kier alpha value is -3.59. The van der Waals surface area contributed by atoms with Gasteiger partial charge in [-0.25, -0.2) is 9.37 Å². The first-order valence-corrected chi connectivity index (χ1v) is 14.2. The van der Waals surface area contributed by atoms with Crippen LogP contribution in [0.25, 0.3) is 0 Å². The summed E-state index contributed by atoms with van der Waals surface area (Å²) in [6.07, 6.45) is 6.31. The molecule has 1 aliphatic rings. The summed E-state index contributed by atoms with van der Waals surface area (Å²) in [4.78, 5) is 18.3. The molecule has 0 spiro atoms. The minimum Gasteiger partial charge on any atom is -0.497 e. The average molecular weight is 567 g/mol. The maximum atomic E-state index is 14.2. The SMILES string of the molecule is CCCC1(C)C(Cn2ccnc2C)CC(C(=O)NC(C)c2cc(OC)cc(OC)c2)NC1c1ccc(F)cc1OC. The van der Waals surface area contributed by atoms with Gasteiger partial charge in [0.05, 0.1) is 33.4 Å². The highest BCUT2D eigenvalue weighted by atomic mass is 19.1. The molecule has 0 aliphatic carbocycles. The van der Waals surface area contributed by atoms with Gasteiger partial charge in [0.1, 0.15) is 28.9 Å². The van der Waals surface area contributed by atoms with Crippen LogP contribution in [-0.2, 0) is 11.3 Å². The van der Waals surface area contributed by atoms with Crippen molar-refractivity contribution in [2.45, 2.75) is 71.6 Å². The lowest BCUT2D eigenvalue weighted by atomic mass is 9.62. The number of nitrogens with one attached hydrogen (secondary N) is 2. The van der Waals surface area contributed by atoms with E-state index in [2.05, 4.69) is 34.0 Å². The fraction of sp³-hybridized carbons (Fsp3) is 0.500. The van der Waals surface area contributed by atoms with Crippen molar-refractivity contribution in [1.29, 1.82) is 0 Å². The van der Waals surface area contributed by atoms with Crippen LogP contribution in [0.3, 0.4) is 0 Å². The van der Waals surface area contributed by atoms with E-state index in [-0.39, 0.29) is 35.1 Å². The van der Waals surface area contributed by atoms with Gasteiger partial charge in [0.15, 0.2) is 0 Å². The number of halogens is 1. The van der Waals surface area contributed by atoms with Gasteiger partial charge in [-0.15, -0.1) is 0 Å². The van der Waals surface area contributed by atoms with E-state index >= 15 is 0 Å². The summed E-state index contributed by atoms with van der Waals surface area (Å²) in [5.74, 6) is 2.38. The van der Waals surface area contributed by atoms with Crippen molar-refractivity contribution in [3.63, 3.8) is 0 Å². The molecule has 1 saturated heterocycles. The van der Waals surface area contributed by atoms with Gasteiger partial charge < -0.3 is 24.1 Å². The van der Waals surface area contributed by atoms with Crippen LogP contribution in [-0.4, -0.2) is 42.8 Å². The largest absolute Gasteiger partial charge is 0.497 e. The number of carbonyl (C=O) groups excluding carboxylic acids is 1. The van der Waals surface area contributed by atoms with Gasteiger partial charge in [0, 0.05) is 42.7 Å². The number of imidazole rings is 1. The molecule has 0 bridgehead atoms. The van der Waals surface area contributed by atoms with E-state index in [0.717, 1.165) is 36.3 Å². The Morgan fingerprint density at radius 1 is 1.17 bits per heavy atom. The van der Waals surface area contributed by atoms with Crippen LogP contribution in [0.15, 0.2) is 48.8 Å². The third-order valence-electron chi connectivity index (χ3n) is 8.67. The number of methoxy groups -OCH3 is 3. The number of carbonyl (C=O) groups is 1. The van der Waals surface area contributed by atoms with E-state index in [0.29, 0.717) is 23.7 Å². The number of hydrogen-bond acceptors (Lipinski definition) is 6. The van der Waals surface area contributed by atoms with Crippen LogP contribution in [0, 0.1) is 24.1 Å². The van der Waals surface area contributed by atoms with Crippen LogP contribution < -0.4 is 24.8 Å². The van der Waals surface area contributed by atoms with Crippen molar-refractivity contribution in [3.8, 4) is 17.2 Å². The molecule has 4 rings (SSSR count). The Labute approximate surface area is 242 Å². The number of benzene rings is 2. The van der Waals surface area contributed by atoms with Gasteiger partial charge in [0.25, 0.3) is 0 Å². The van der Waals surface area contributed by atoms with Gasteiger partial charge >= 0.3 is 0 Å². The third kappa shape index (κ3) is 6.50. The smallest absolute Gasteiger partial charge is 0.237 e. The number of hydrogen-bond donors (Lipinski definition) is 2. The Morgan fingerprint density at radius 3 is 2.46 bits per heavy atom. The van der Waals surface area contributed by atoms with Gasteiger partial charge in [-0.1, -0.05) is 26.3 Å². The quantitative estimate of drug-likeness (QED) is 0.307. The summed E-state index contributed by atoms with van der Waals surface area (Å²) in [5, 5.41) is 6.88. The molecule has 3 aromatic rings. The van der Waals surface area contributed by atoms with E-state index in [9.17, 15) is 9.18 Å². The van der Waals surface area contributed by atoms with Crippen molar-refractivity contribution in [2.24, 2.45) is 11.3 Å². The molecule has 1 aliphatic heterocycles. The number of ether oxygens (including phenoxy) is 3. The molecule has 1 fully saturated rings. The fourth-order valence-corrected chi connectivity index (χ4v) is 6.28. The molecular formula is C32H43FN4O4. The molecule has 8 nitrogen and oxygen atoms in total. The normalized spacial score (nSPS) is 23.1. The van der Waals surface area contributed by atoms with Crippen LogP contribution in [0.2, 0.25) is 0 Å². The van der Waals surface area contributed by atoms with Crippen molar-refractivity contribution in [3.05, 3.63) is 71.6 Å². The Morgan fingerprint density at radius 2 is 1.88 bits per heavy atom. The van der Waals surface area contributed by atoms with Crippen molar-refractivity contribution in [2.75, 3.05) is 21.3 Å². The van der Waals surface area contributed by atoms with Crippen LogP contribution in [0.5, 0.6) is 17.2 Å². The molecule has 2 N–H and O–H groups in total. The maximum Gasteiger partial charge on any atom is 0.237 e. The molecule has 9 heteroatoms. The molecule has 41 heavy (non-hydrogen) atoms. The number of aromatic nitrogens is 2. The molecule has 5 atom stereocenters. The van der Waals surface area contributed by atoms with E-state index in [4.69, 9.17) is 14.2 Å². The monoisotopic (exact) mass is 566 g/mol. The van der Waals surface area contributed by atoms with Gasteiger partial charge in [-0.2, -0.15) is 0 Å². The second-order valence-corrected chi connectivity index (χ2v) is 11.2. The lowest BCUT2D eigenvalue weighted by molar-refractivity contribution is -0.127. The zero-order chi connectivity index (χ0) is 29.7. The number of amides is 1. The zero-order valence-electron chi connectivity index (χ0n) is 25.2. The standard InChI is InChI=1S/C32H43FN4O4/c1-8-11-32(4)23(19-37-13-12-34-21(37)3)16-28(36-30(32)27-10-9-24(33)17-29(27)41-7)31(38)35-20(2)22-14-25(39-5)18-26(15-22)40-6/h9-10,12-15,17-18,20,23,28,30,36H,8,11,16,19H2,1-7H3,(H,35,38). The average Bonchev–Trinajstić information content (AvgIpc) is 3.37.